The summed E-state index contributed by atoms with van der Waals surface area (Å²) in [4.78, 5) is 35.7. The third-order valence-corrected chi connectivity index (χ3v) is 6.37. The summed E-state index contributed by atoms with van der Waals surface area (Å²) < 4.78 is 5.82. The van der Waals surface area contributed by atoms with Crippen LogP contribution in [0, 0.1) is 5.92 Å². The van der Waals surface area contributed by atoms with E-state index in [9.17, 15) is 9.59 Å². The lowest BCUT2D eigenvalue weighted by Crippen LogP contribution is -2.65. The average Bonchev–Trinajstić information content (AvgIpc) is 2.75. The van der Waals surface area contributed by atoms with Crippen LogP contribution in [0.25, 0.3) is 0 Å². The summed E-state index contributed by atoms with van der Waals surface area (Å²) in [6.07, 6.45) is 5.64. The van der Waals surface area contributed by atoms with Crippen LogP contribution in [0.5, 0.6) is 0 Å². The summed E-state index contributed by atoms with van der Waals surface area (Å²) >= 11 is 0. The maximum atomic E-state index is 13.6. The molecule has 1 aromatic rings. The summed E-state index contributed by atoms with van der Waals surface area (Å²) in [5, 5.41) is 0. The second-order valence-corrected chi connectivity index (χ2v) is 10.9. The van der Waals surface area contributed by atoms with Gasteiger partial charge in [0.2, 0.25) is 5.96 Å². The molecule has 0 bridgehead atoms. The molecule has 2 fully saturated rings. The maximum Gasteiger partial charge on any atom is 0.417 e. The van der Waals surface area contributed by atoms with Crippen molar-refractivity contribution in [2.75, 3.05) is 6.54 Å². The third kappa shape index (κ3) is 6.58. The average molecular weight is 456 g/mol. The molecule has 6 nitrogen and oxygen atoms in total. The fraction of sp³-hybridized carbons (Fsp3) is 0.667. The standard InChI is InChI=1S/C27H41N3O3/c1-19(2)17-23-24(31)18-29(22-15-11-8-12-16-22)25(30(23)26(32)33-27(4,5)6)28-20(3)21-13-9-7-10-14-21/h7,9-10,13-14,19-20,22-23H,8,11-12,15-18H2,1-6H3/t20?,23-/m0/s1. The van der Waals surface area contributed by atoms with E-state index in [4.69, 9.17) is 9.73 Å². The van der Waals surface area contributed by atoms with Gasteiger partial charge in [-0.05, 0) is 58.4 Å². The number of carbonyl (C=O) groups is 2. The van der Waals surface area contributed by atoms with Crippen molar-refractivity contribution in [3.63, 3.8) is 0 Å². The van der Waals surface area contributed by atoms with Crippen molar-refractivity contribution in [2.24, 2.45) is 10.9 Å². The zero-order valence-corrected chi connectivity index (χ0v) is 21.2. The van der Waals surface area contributed by atoms with E-state index in [1.54, 1.807) is 4.90 Å². The van der Waals surface area contributed by atoms with Crippen LogP contribution in [0.15, 0.2) is 35.3 Å². The van der Waals surface area contributed by atoms with Gasteiger partial charge in [0, 0.05) is 6.04 Å². The molecule has 6 heteroatoms. The summed E-state index contributed by atoms with van der Waals surface area (Å²) in [6.45, 7) is 12.1. The predicted molar refractivity (Wildman–Crippen MR) is 132 cm³/mol. The largest absolute Gasteiger partial charge is 0.443 e. The zero-order valence-electron chi connectivity index (χ0n) is 21.2. The molecule has 1 aromatic carbocycles. The Kier molecular flexibility index (Phi) is 8.19. The lowest BCUT2D eigenvalue weighted by Gasteiger charge is -2.46. The number of amides is 1. The molecule has 0 N–H and O–H groups in total. The van der Waals surface area contributed by atoms with E-state index >= 15 is 0 Å². The highest BCUT2D eigenvalue weighted by Gasteiger charge is 2.45. The predicted octanol–water partition coefficient (Wildman–Crippen LogP) is 5.97. The fourth-order valence-corrected chi connectivity index (χ4v) is 4.77. The summed E-state index contributed by atoms with van der Waals surface area (Å²) in [5.41, 5.74) is 0.418. The highest BCUT2D eigenvalue weighted by atomic mass is 16.6. The van der Waals surface area contributed by atoms with Gasteiger partial charge < -0.3 is 9.64 Å². The SMILES string of the molecule is CC(C)C[C@H]1C(=O)CN(C2CCCCC2)C(=NC(C)c2ccccc2)N1C(=O)OC(C)(C)C. The molecule has 33 heavy (non-hydrogen) atoms. The molecule has 182 valence electrons. The van der Waals surface area contributed by atoms with Crippen molar-refractivity contribution >= 4 is 17.8 Å². The molecule has 1 saturated heterocycles. The zero-order chi connectivity index (χ0) is 24.2. The van der Waals surface area contributed by atoms with Gasteiger partial charge in [0.25, 0.3) is 0 Å². The first-order chi connectivity index (χ1) is 15.6. The van der Waals surface area contributed by atoms with Gasteiger partial charge in [-0.3, -0.25) is 4.79 Å². The van der Waals surface area contributed by atoms with E-state index in [0.717, 1.165) is 31.2 Å². The van der Waals surface area contributed by atoms with Gasteiger partial charge in [0.05, 0.1) is 12.6 Å². The first kappa shape index (κ1) is 25.3. The number of carbonyl (C=O) groups excluding carboxylic acids is 2. The number of guanidine groups is 1. The summed E-state index contributed by atoms with van der Waals surface area (Å²) in [7, 11) is 0. The molecule has 1 saturated carbocycles. The monoisotopic (exact) mass is 455 g/mol. The molecule has 1 amide bonds. The van der Waals surface area contributed by atoms with Crippen molar-refractivity contribution in [3.8, 4) is 0 Å². The van der Waals surface area contributed by atoms with E-state index < -0.39 is 17.7 Å². The number of nitrogens with zero attached hydrogens (tertiary/aromatic N) is 3. The Morgan fingerprint density at radius 2 is 1.73 bits per heavy atom. The van der Waals surface area contributed by atoms with Crippen LogP contribution in [-0.4, -0.2) is 51.9 Å². The van der Waals surface area contributed by atoms with Crippen molar-refractivity contribution < 1.29 is 14.3 Å². The minimum Gasteiger partial charge on any atom is -0.443 e. The molecule has 1 aliphatic carbocycles. The van der Waals surface area contributed by atoms with Gasteiger partial charge in [0.15, 0.2) is 5.78 Å². The molecular weight excluding hydrogens is 414 g/mol. The Morgan fingerprint density at radius 1 is 1.09 bits per heavy atom. The molecule has 3 rings (SSSR count). The molecule has 2 atom stereocenters. The Morgan fingerprint density at radius 3 is 2.30 bits per heavy atom. The number of aliphatic imine (C=N–C) groups is 1. The van der Waals surface area contributed by atoms with E-state index in [1.165, 1.54) is 6.42 Å². The van der Waals surface area contributed by atoms with E-state index in [2.05, 4.69) is 30.9 Å². The van der Waals surface area contributed by atoms with Gasteiger partial charge in [-0.2, -0.15) is 0 Å². The summed E-state index contributed by atoms with van der Waals surface area (Å²) in [5.74, 6) is 0.933. The quantitative estimate of drug-likeness (QED) is 0.548. The normalized spacial score (nSPS) is 22.7. The lowest BCUT2D eigenvalue weighted by atomic mass is 9.91. The summed E-state index contributed by atoms with van der Waals surface area (Å²) in [6, 6.07) is 9.61. The molecule has 0 spiro atoms. The molecule has 0 aromatic heterocycles. The third-order valence-electron chi connectivity index (χ3n) is 6.37. The first-order valence-corrected chi connectivity index (χ1v) is 12.5. The molecular formula is C27H41N3O3. The van der Waals surface area contributed by atoms with Crippen LogP contribution in [-0.2, 0) is 9.53 Å². The molecule has 0 radical (unpaired) electrons. The van der Waals surface area contributed by atoms with Crippen LogP contribution in [0.2, 0.25) is 0 Å². The second-order valence-electron chi connectivity index (χ2n) is 10.9. The van der Waals surface area contributed by atoms with Crippen molar-refractivity contribution in [1.29, 1.82) is 0 Å². The number of ether oxygens (including phenoxy) is 1. The van der Waals surface area contributed by atoms with Gasteiger partial charge in [-0.1, -0.05) is 63.4 Å². The number of rotatable bonds is 5. The van der Waals surface area contributed by atoms with Crippen LogP contribution < -0.4 is 0 Å². The number of ketones is 1. The lowest BCUT2D eigenvalue weighted by molar-refractivity contribution is -0.126. The Labute approximate surface area is 199 Å². The molecule has 1 unspecified atom stereocenters. The van der Waals surface area contributed by atoms with E-state index in [1.807, 2.05) is 45.9 Å². The number of hydrogen-bond acceptors (Lipinski definition) is 4. The van der Waals surface area contributed by atoms with Gasteiger partial charge in [-0.15, -0.1) is 0 Å². The van der Waals surface area contributed by atoms with Gasteiger partial charge >= 0.3 is 6.09 Å². The van der Waals surface area contributed by atoms with Crippen LogP contribution in [0.3, 0.4) is 0 Å². The topological polar surface area (TPSA) is 62.2 Å². The second kappa shape index (κ2) is 10.7. The van der Waals surface area contributed by atoms with Crippen molar-refractivity contribution in [1.82, 2.24) is 9.80 Å². The highest BCUT2D eigenvalue weighted by Crippen LogP contribution is 2.31. The number of hydrogen-bond donors (Lipinski definition) is 0. The highest BCUT2D eigenvalue weighted by molar-refractivity contribution is 6.05. The minimum absolute atomic E-state index is 0.0754. The number of Topliss-reactive ketones (excluding diaryl/α,β-unsaturated/α-hetero) is 1. The van der Waals surface area contributed by atoms with Crippen LogP contribution in [0.1, 0.15) is 91.7 Å². The van der Waals surface area contributed by atoms with Crippen molar-refractivity contribution in [2.45, 2.75) is 104 Å². The Bertz CT molecular complexity index is 838. The Hall–Kier alpha value is -2.37. The van der Waals surface area contributed by atoms with E-state index in [0.29, 0.717) is 18.9 Å². The smallest absolute Gasteiger partial charge is 0.417 e. The maximum absolute atomic E-state index is 13.6. The van der Waals surface area contributed by atoms with Crippen LogP contribution in [0.4, 0.5) is 4.79 Å². The van der Waals surface area contributed by atoms with Crippen LogP contribution >= 0.6 is 0 Å². The first-order valence-electron chi connectivity index (χ1n) is 12.5. The van der Waals surface area contributed by atoms with Crippen molar-refractivity contribution in [3.05, 3.63) is 35.9 Å². The molecule has 1 aliphatic heterocycles. The fourth-order valence-electron chi connectivity index (χ4n) is 4.77. The van der Waals surface area contributed by atoms with Gasteiger partial charge in [-0.25, -0.2) is 14.7 Å². The molecule has 2 aliphatic rings. The Balaban J connectivity index is 2.08. The van der Waals surface area contributed by atoms with E-state index in [-0.39, 0.29) is 23.8 Å². The van der Waals surface area contributed by atoms with Gasteiger partial charge in [0.1, 0.15) is 11.6 Å². The minimum atomic E-state index is -0.661. The molecule has 1 heterocycles. The number of benzene rings is 1.